The minimum atomic E-state index is 0.709. The molecule has 0 spiro atoms. The fourth-order valence-corrected chi connectivity index (χ4v) is 3.50. The number of methoxy groups -OCH3 is 1. The van der Waals surface area contributed by atoms with Crippen molar-refractivity contribution < 1.29 is 4.74 Å². The number of hydrogen-bond acceptors (Lipinski definition) is 2. The Morgan fingerprint density at radius 2 is 2.00 bits per heavy atom. The second-order valence-corrected chi connectivity index (χ2v) is 5.31. The van der Waals surface area contributed by atoms with E-state index in [1.54, 1.807) is 7.11 Å². The third-order valence-electron chi connectivity index (χ3n) is 4.40. The maximum Gasteiger partial charge on any atom is 0.142 e. The van der Waals surface area contributed by atoms with Crippen molar-refractivity contribution in [3.05, 3.63) is 23.8 Å². The Morgan fingerprint density at radius 1 is 1.18 bits per heavy atom. The van der Waals surface area contributed by atoms with Crippen molar-refractivity contribution in [2.75, 3.05) is 19.0 Å². The smallest absolute Gasteiger partial charge is 0.142 e. The number of anilines is 1. The van der Waals surface area contributed by atoms with Gasteiger partial charge in [-0.15, -0.1) is 0 Å². The van der Waals surface area contributed by atoms with E-state index >= 15 is 0 Å². The van der Waals surface area contributed by atoms with E-state index < -0.39 is 0 Å². The van der Waals surface area contributed by atoms with Gasteiger partial charge in [-0.1, -0.05) is 31.4 Å². The van der Waals surface area contributed by atoms with Crippen LogP contribution < -0.4 is 10.1 Å². The molecule has 1 N–H and O–H groups in total. The Bertz CT molecular complexity index is 396. The van der Waals surface area contributed by atoms with Crippen molar-refractivity contribution in [1.29, 1.82) is 0 Å². The Kier molecular flexibility index (Phi) is 2.96. The van der Waals surface area contributed by atoms with E-state index in [4.69, 9.17) is 4.74 Å². The molecule has 1 saturated carbocycles. The Labute approximate surface area is 103 Å². The molecule has 0 saturated heterocycles. The molecule has 1 heterocycles. The van der Waals surface area contributed by atoms with Crippen LogP contribution in [0.15, 0.2) is 18.2 Å². The summed E-state index contributed by atoms with van der Waals surface area (Å²) in [5, 5.41) is 3.54. The van der Waals surface area contributed by atoms with E-state index in [1.807, 2.05) is 0 Å². The molecular weight excluding hydrogens is 210 g/mol. The lowest BCUT2D eigenvalue weighted by Crippen LogP contribution is -2.17. The summed E-state index contributed by atoms with van der Waals surface area (Å²) in [6, 6.07) is 6.45. The maximum atomic E-state index is 5.43. The van der Waals surface area contributed by atoms with Gasteiger partial charge in [0.05, 0.1) is 12.8 Å². The van der Waals surface area contributed by atoms with Crippen molar-refractivity contribution in [3.8, 4) is 5.75 Å². The number of ether oxygens (including phenoxy) is 1. The van der Waals surface area contributed by atoms with Crippen molar-refractivity contribution in [2.24, 2.45) is 5.92 Å². The van der Waals surface area contributed by atoms with E-state index in [0.29, 0.717) is 5.92 Å². The molecule has 0 amide bonds. The van der Waals surface area contributed by atoms with Crippen LogP contribution in [0.5, 0.6) is 5.75 Å². The number of benzene rings is 1. The van der Waals surface area contributed by atoms with Gasteiger partial charge in [0, 0.05) is 12.5 Å². The van der Waals surface area contributed by atoms with Crippen LogP contribution >= 0.6 is 0 Å². The van der Waals surface area contributed by atoms with Crippen molar-refractivity contribution in [3.63, 3.8) is 0 Å². The SMILES string of the molecule is COc1cccc2c1NCC2C1CCCCC1. The van der Waals surface area contributed by atoms with Gasteiger partial charge in [0.25, 0.3) is 0 Å². The molecule has 0 bridgehead atoms. The molecule has 1 aromatic rings. The first kappa shape index (κ1) is 10.9. The predicted octanol–water partition coefficient (Wildman–Crippen LogP) is 3.78. The molecule has 2 nitrogen and oxygen atoms in total. The van der Waals surface area contributed by atoms with E-state index in [0.717, 1.165) is 18.2 Å². The first-order valence-corrected chi connectivity index (χ1v) is 6.81. The van der Waals surface area contributed by atoms with E-state index in [2.05, 4.69) is 23.5 Å². The molecule has 17 heavy (non-hydrogen) atoms. The standard InChI is InChI=1S/C15H21NO/c1-17-14-9-5-8-12-13(10-16-15(12)14)11-6-3-2-4-7-11/h5,8-9,11,13,16H,2-4,6-7,10H2,1H3. The molecule has 1 aliphatic carbocycles. The molecule has 1 fully saturated rings. The van der Waals surface area contributed by atoms with Gasteiger partial charge < -0.3 is 10.1 Å². The zero-order valence-electron chi connectivity index (χ0n) is 10.5. The molecule has 2 aliphatic rings. The van der Waals surface area contributed by atoms with Crippen molar-refractivity contribution >= 4 is 5.69 Å². The molecular formula is C15H21NO. The predicted molar refractivity (Wildman–Crippen MR) is 70.8 cm³/mol. The summed E-state index contributed by atoms with van der Waals surface area (Å²) in [6.07, 6.45) is 7.08. The van der Waals surface area contributed by atoms with E-state index in [-0.39, 0.29) is 0 Å². The highest BCUT2D eigenvalue weighted by molar-refractivity contribution is 5.66. The molecule has 0 aromatic heterocycles. The summed E-state index contributed by atoms with van der Waals surface area (Å²) >= 11 is 0. The average molecular weight is 231 g/mol. The Hall–Kier alpha value is -1.18. The lowest BCUT2D eigenvalue weighted by Gasteiger charge is -2.27. The summed E-state index contributed by atoms with van der Waals surface area (Å²) in [4.78, 5) is 0. The second kappa shape index (κ2) is 4.59. The van der Waals surface area contributed by atoms with Crippen LogP contribution in [0.4, 0.5) is 5.69 Å². The van der Waals surface area contributed by atoms with Gasteiger partial charge in [-0.25, -0.2) is 0 Å². The molecule has 1 unspecified atom stereocenters. The quantitative estimate of drug-likeness (QED) is 0.836. The van der Waals surface area contributed by atoms with E-state index in [9.17, 15) is 0 Å². The Morgan fingerprint density at radius 3 is 2.76 bits per heavy atom. The van der Waals surface area contributed by atoms with Crippen molar-refractivity contribution in [2.45, 2.75) is 38.0 Å². The minimum absolute atomic E-state index is 0.709. The van der Waals surface area contributed by atoms with Gasteiger partial charge in [-0.05, 0) is 30.4 Å². The summed E-state index contributed by atoms with van der Waals surface area (Å²) < 4.78 is 5.43. The van der Waals surface area contributed by atoms with Gasteiger partial charge in [0.2, 0.25) is 0 Å². The van der Waals surface area contributed by atoms with Gasteiger partial charge in [-0.2, -0.15) is 0 Å². The lowest BCUT2D eigenvalue weighted by atomic mass is 9.78. The van der Waals surface area contributed by atoms with Gasteiger partial charge in [-0.3, -0.25) is 0 Å². The number of fused-ring (bicyclic) bond motifs is 1. The molecule has 2 heteroatoms. The minimum Gasteiger partial charge on any atom is -0.495 e. The molecule has 1 aromatic carbocycles. The van der Waals surface area contributed by atoms with Crippen LogP contribution in [0, 0.1) is 5.92 Å². The molecule has 1 aliphatic heterocycles. The van der Waals surface area contributed by atoms with Crippen LogP contribution in [-0.4, -0.2) is 13.7 Å². The van der Waals surface area contributed by atoms with Gasteiger partial charge in [0.1, 0.15) is 5.75 Å². The van der Waals surface area contributed by atoms with Crippen LogP contribution in [0.2, 0.25) is 0 Å². The zero-order valence-corrected chi connectivity index (χ0v) is 10.5. The third kappa shape index (κ3) is 1.90. The number of hydrogen-bond donors (Lipinski definition) is 1. The van der Waals surface area contributed by atoms with Crippen LogP contribution in [0.1, 0.15) is 43.6 Å². The molecule has 3 rings (SSSR count). The molecule has 1 atom stereocenters. The zero-order chi connectivity index (χ0) is 11.7. The molecule has 0 radical (unpaired) electrons. The summed E-state index contributed by atoms with van der Waals surface area (Å²) in [5.41, 5.74) is 2.72. The van der Waals surface area contributed by atoms with Gasteiger partial charge >= 0.3 is 0 Å². The first-order valence-electron chi connectivity index (χ1n) is 6.81. The van der Waals surface area contributed by atoms with Crippen LogP contribution in [0.25, 0.3) is 0 Å². The highest BCUT2D eigenvalue weighted by Gasteiger charge is 2.31. The van der Waals surface area contributed by atoms with Crippen LogP contribution in [0.3, 0.4) is 0 Å². The average Bonchev–Trinajstić information content (AvgIpc) is 2.83. The fourth-order valence-electron chi connectivity index (χ4n) is 3.50. The highest BCUT2D eigenvalue weighted by Crippen LogP contribution is 2.45. The lowest BCUT2D eigenvalue weighted by molar-refractivity contribution is 0.316. The first-order chi connectivity index (χ1) is 8.40. The van der Waals surface area contributed by atoms with Crippen molar-refractivity contribution in [1.82, 2.24) is 0 Å². The monoisotopic (exact) mass is 231 g/mol. The summed E-state index contributed by atoms with van der Waals surface area (Å²) in [6.45, 7) is 1.10. The van der Waals surface area contributed by atoms with E-state index in [1.165, 1.54) is 43.4 Å². The number of para-hydroxylation sites is 1. The fraction of sp³-hybridized carbons (Fsp3) is 0.600. The van der Waals surface area contributed by atoms with Crippen LogP contribution in [-0.2, 0) is 0 Å². The topological polar surface area (TPSA) is 21.3 Å². The summed E-state index contributed by atoms with van der Waals surface area (Å²) in [7, 11) is 1.76. The molecule has 92 valence electrons. The number of rotatable bonds is 2. The Balaban J connectivity index is 1.87. The second-order valence-electron chi connectivity index (χ2n) is 5.31. The summed E-state index contributed by atoms with van der Waals surface area (Å²) in [5.74, 6) is 2.59. The maximum absolute atomic E-state index is 5.43. The highest BCUT2D eigenvalue weighted by atomic mass is 16.5. The normalized spacial score (nSPS) is 24.2. The van der Waals surface area contributed by atoms with Gasteiger partial charge in [0.15, 0.2) is 0 Å². The number of nitrogens with one attached hydrogen (secondary N) is 1. The third-order valence-corrected chi connectivity index (χ3v) is 4.40. The largest absolute Gasteiger partial charge is 0.495 e.